The van der Waals surface area contributed by atoms with Crippen molar-refractivity contribution in [3.8, 4) is 5.75 Å². The highest BCUT2D eigenvalue weighted by Gasteiger charge is 2.15. The third-order valence-corrected chi connectivity index (χ3v) is 6.31. The molecule has 0 aliphatic rings. The summed E-state index contributed by atoms with van der Waals surface area (Å²) in [5.74, 6) is 0.513. The van der Waals surface area contributed by atoms with Crippen LogP contribution in [0.25, 0.3) is 0 Å². The number of rotatable bonds is 14. The molecule has 7 N–H and O–H groups in total. The second kappa shape index (κ2) is 19.1. The number of nitrogens with one attached hydrogen (secondary N) is 1. The molecule has 0 fully saturated rings. The molecule has 0 aliphatic carbocycles. The van der Waals surface area contributed by atoms with Gasteiger partial charge in [0.15, 0.2) is 0 Å². The monoisotopic (exact) mass is 576 g/mol. The Hall–Kier alpha value is -4.04. The second-order valence-electron chi connectivity index (χ2n) is 8.04. The molecule has 3 amide bonds. The predicted octanol–water partition coefficient (Wildman–Crippen LogP) is 2.45. The van der Waals surface area contributed by atoms with Crippen molar-refractivity contribution in [1.82, 2.24) is 9.78 Å². The van der Waals surface area contributed by atoms with Gasteiger partial charge in [-0.15, -0.1) is 0 Å². The van der Waals surface area contributed by atoms with Crippen LogP contribution in [-0.4, -0.2) is 72.7 Å². The van der Waals surface area contributed by atoms with Crippen molar-refractivity contribution >= 4 is 46.7 Å². The molecule has 14 heteroatoms. The van der Waals surface area contributed by atoms with Crippen molar-refractivity contribution < 1.29 is 23.9 Å². The molecule has 13 nitrogen and oxygen atoms in total. The summed E-state index contributed by atoms with van der Waals surface area (Å²) in [4.78, 5) is 36.9. The topological polar surface area (TPSA) is 202 Å². The average molecular weight is 577 g/mol. The minimum absolute atomic E-state index is 0.250. The second-order valence-corrected chi connectivity index (χ2v) is 9.83. The molecule has 1 heterocycles. The number of aromatic nitrogens is 2. The molecular formula is C26H40N8O5S. The molecule has 1 atom stereocenters. The van der Waals surface area contributed by atoms with Gasteiger partial charge in [0.1, 0.15) is 11.4 Å². The zero-order valence-corrected chi connectivity index (χ0v) is 24.3. The molecule has 40 heavy (non-hydrogen) atoms. The van der Waals surface area contributed by atoms with Crippen LogP contribution in [0.3, 0.4) is 0 Å². The van der Waals surface area contributed by atoms with Crippen LogP contribution < -0.4 is 27.3 Å². The van der Waals surface area contributed by atoms with Gasteiger partial charge in [-0.25, -0.2) is 4.79 Å². The molecule has 0 bridgehead atoms. The number of ether oxygens (including phenoxy) is 2. The van der Waals surface area contributed by atoms with Crippen LogP contribution in [0.4, 0.5) is 16.2 Å². The molecule has 220 valence electrons. The van der Waals surface area contributed by atoms with E-state index in [9.17, 15) is 9.59 Å². The fourth-order valence-corrected chi connectivity index (χ4v) is 4.24. The molecule has 0 radical (unpaired) electrons. The van der Waals surface area contributed by atoms with E-state index in [2.05, 4.69) is 25.5 Å². The van der Waals surface area contributed by atoms with Gasteiger partial charge in [-0.1, -0.05) is 22.8 Å². The number of hydrogen-bond acceptors (Lipinski definition) is 9. The number of carbonyl (C=O) groups is 3. The Balaban J connectivity index is 0.00000254. The lowest BCUT2D eigenvalue weighted by Crippen LogP contribution is -2.13. The maximum Gasteiger partial charge on any atom is 0.439 e. The quantitative estimate of drug-likeness (QED) is 0.114. The van der Waals surface area contributed by atoms with Crippen LogP contribution >= 0.6 is 0 Å². The van der Waals surface area contributed by atoms with Crippen LogP contribution in [0, 0.1) is 6.92 Å². The normalized spacial score (nSPS) is 11.7. The lowest BCUT2D eigenvalue weighted by atomic mass is 10.1. The summed E-state index contributed by atoms with van der Waals surface area (Å²) in [5.41, 5.74) is 18.4. The van der Waals surface area contributed by atoms with Gasteiger partial charge in [-0.3, -0.25) is 19.3 Å². The zero-order chi connectivity index (χ0) is 29.9. The van der Waals surface area contributed by atoms with E-state index in [1.807, 2.05) is 43.0 Å². The number of amides is 3. The van der Waals surface area contributed by atoms with Crippen LogP contribution in [0.2, 0.25) is 0 Å². The van der Waals surface area contributed by atoms with Crippen molar-refractivity contribution in [3.63, 3.8) is 0 Å². The number of nitrogens with two attached hydrogens (primary N) is 3. The number of nitrogens with zero attached hydrogens (tertiary/aromatic N) is 4. The fraction of sp³-hybridized carbons (Fsp3) is 0.423. The van der Waals surface area contributed by atoms with E-state index < -0.39 is 22.7 Å². The van der Waals surface area contributed by atoms with Crippen LogP contribution in [0.15, 0.2) is 39.7 Å². The van der Waals surface area contributed by atoms with Gasteiger partial charge in [0.2, 0.25) is 12.3 Å². The summed E-state index contributed by atoms with van der Waals surface area (Å²) in [7, 11) is -0.486. The van der Waals surface area contributed by atoms with Crippen LogP contribution in [-0.2, 0) is 26.8 Å². The van der Waals surface area contributed by atoms with Crippen molar-refractivity contribution in [1.29, 1.82) is 0 Å². The Kier molecular flexibility index (Phi) is 16.2. The molecule has 0 saturated carbocycles. The molecule has 2 aromatic rings. The number of carbonyl (C=O) groups excluding carboxylic acids is 3. The molecule has 1 aromatic carbocycles. The van der Waals surface area contributed by atoms with Gasteiger partial charge in [-0.05, 0) is 51.6 Å². The number of hydrogen-bond donors (Lipinski definition) is 4. The number of anilines is 1. The zero-order valence-electron chi connectivity index (χ0n) is 23.5. The average Bonchev–Trinajstić information content (AvgIpc) is 3.28. The van der Waals surface area contributed by atoms with Gasteiger partial charge < -0.3 is 32.0 Å². The summed E-state index contributed by atoms with van der Waals surface area (Å²) in [6.45, 7) is 7.90. The summed E-state index contributed by atoms with van der Waals surface area (Å²) in [6.07, 6.45) is 7.65. The summed E-state index contributed by atoms with van der Waals surface area (Å²) in [6, 6.07) is 5.16. The number of aliphatic imine (C=N–C) groups is 1. The van der Waals surface area contributed by atoms with Gasteiger partial charge in [0.25, 0.3) is 0 Å². The van der Waals surface area contributed by atoms with Gasteiger partial charge in [-0.2, -0.15) is 9.46 Å². The van der Waals surface area contributed by atoms with E-state index in [-0.39, 0.29) is 12.0 Å². The smallest absolute Gasteiger partial charge is 0.439 e. The Bertz CT molecular complexity index is 1210. The van der Waals surface area contributed by atoms with Gasteiger partial charge >= 0.3 is 6.09 Å². The number of primary amides is 2. The molecule has 1 aromatic heterocycles. The van der Waals surface area contributed by atoms with Crippen molar-refractivity contribution in [2.75, 3.05) is 43.6 Å². The van der Waals surface area contributed by atoms with Gasteiger partial charge in [0, 0.05) is 31.0 Å². The van der Waals surface area contributed by atoms with E-state index >= 15 is 0 Å². The molecule has 2 rings (SSSR count). The molecule has 0 saturated heterocycles. The molecule has 0 spiro atoms. The highest BCUT2D eigenvalue weighted by atomic mass is 32.2. The minimum atomic E-state index is -0.589. The first-order valence-corrected chi connectivity index (χ1v) is 14.4. The number of benzene rings is 1. The fourth-order valence-electron chi connectivity index (χ4n) is 3.31. The maximum absolute atomic E-state index is 12.1. The molecule has 1 unspecified atom stereocenters. The largest absolute Gasteiger partial charge is 0.491 e. The van der Waals surface area contributed by atoms with Gasteiger partial charge in [0.05, 0.1) is 36.5 Å². The third kappa shape index (κ3) is 12.2. The van der Waals surface area contributed by atoms with E-state index in [4.69, 9.17) is 25.7 Å². The highest BCUT2D eigenvalue weighted by Crippen LogP contribution is 2.37. The Morgan fingerprint density at radius 1 is 1.23 bits per heavy atom. The summed E-state index contributed by atoms with van der Waals surface area (Å²) < 4.78 is 16.8. The van der Waals surface area contributed by atoms with Crippen molar-refractivity contribution in [3.05, 3.63) is 47.3 Å². The highest BCUT2D eigenvalue weighted by molar-refractivity contribution is 7.86. The Morgan fingerprint density at radius 2 is 1.95 bits per heavy atom. The van der Waals surface area contributed by atoms with Crippen molar-refractivity contribution in [2.24, 2.45) is 26.6 Å². The molecule has 0 aliphatic heterocycles. The summed E-state index contributed by atoms with van der Waals surface area (Å²) in [5, 5.41) is 7.75. The first-order valence-electron chi connectivity index (χ1n) is 12.6. The molecular weight excluding hydrogens is 536 g/mol. The van der Waals surface area contributed by atoms with Crippen molar-refractivity contribution in [2.45, 2.75) is 33.7 Å². The van der Waals surface area contributed by atoms with Crippen LogP contribution in [0.5, 0.6) is 5.75 Å². The van der Waals surface area contributed by atoms with E-state index in [0.717, 1.165) is 11.4 Å². The first-order chi connectivity index (χ1) is 19.2. The Morgan fingerprint density at radius 3 is 2.58 bits per heavy atom. The van der Waals surface area contributed by atoms with E-state index in [1.54, 1.807) is 25.3 Å². The van der Waals surface area contributed by atoms with E-state index in [0.29, 0.717) is 62.1 Å². The minimum Gasteiger partial charge on any atom is -0.491 e. The Labute approximate surface area is 237 Å². The van der Waals surface area contributed by atoms with Crippen LogP contribution in [0.1, 0.15) is 42.0 Å². The predicted molar refractivity (Wildman–Crippen MR) is 160 cm³/mol. The first kappa shape index (κ1) is 34.0. The standard InChI is InChI=1S/C25H37N7O4S.CH3NO/c1-5-32-20(14-18(3)30-32)17-29-21-15-19(24(27)33)16-22(23(21)28-11-8-7-10-26)36-12-9-13-37(4)31-25(34)35-6-2;2-1-3/h7-8,14-17,28H,5-6,9-13,26H2,1-4H3,(H2,27,33);1H,(H2,2,3)/b8-7+,29-17?;. The maximum atomic E-state index is 12.1. The lowest BCUT2D eigenvalue weighted by molar-refractivity contribution is -0.106. The SMILES string of the molecule is CCOC(=O)N=S(C)CCCOc1cc(C(N)=O)cc(N=Cc2cc(C)nn2CC)c1NC/C=C/CN.NC=O. The summed E-state index contributed by atoms with van der Waals surface area (Å²) >= 11 is 0. The lowest BCUT2D eigenvalue weighted by Gasteiger charge is -2.16. The van der Waals surface area contributed by atoms with E-state index in [1.165, 1.54) is 0 Å². The number of aryl methyl sites for hydroxylation is 2. The third-order valence-electron chi connectivity index (χ3n) is 4.97.